The third-order valence-corrected chi connectivity index (χ3v) is 4.13. The first-order chi connectivity index (χ1) is 9.93. The molecule has 7 heteroatoms. The summed E-state index contributed by atoms with van der Waals surface area (Å²) in [5.74, 6) is -1.15. The van der Waals surface area contributed by atoms with Crippen LogP contribution in [0.25, 0.3) is 0 Å². The maximum atomic E-state index is 12.3. The van der Waals surface area contributed by atoms with E-state index in [0.717, 1.165) is 4.90 Å². The van der Waals surface area contributed by atoms with E-state index in [1.807, 2.05) is 0 Å². The van der Waals surface area contributed by atoms with E-state index < -0.39 is 42.3 Å². The number of amides is 2. The molecule has 7 nitrogen and oxygen atoms in total. The fourth-order valence-electron chi connectivity index (χ4n) is 2.95. The zero-order valence-corrected chi connectivity index (χ0v) is 11.0. The minimum atomic E-state index is -1.62. The molecule has 3 rings (SSSR count). The largest absolute Gasteiger partial charge is 0.390 e. The molecular weight excluding hydrogens is 278 g/mol. The first-order valence-corrected chi connectivity index (χ1v) is 6.62. The molecule has 1 aromatic rings. The van der Waals surface area contributed by atoms with Gasteiger partial charge in [-0.2, -0.15) is 0 Å². The SMILES string of the molecule is O=C1c2ccccc2C(=O)N1[C@@H]1C[C@@H](O)[C@@H](O)[C@@H](O)[C@H]1O. The predicted molar refractivity (Wildman–Crippen MR) is 69.4 cm³/mol. The number of carbonyl (C=O) groups is 2. The summed E-state index contributed by atoms with van der Waals surface area (Å²) < 4.78 is 0. The quantitative estimate of drug-likeness (QED) is 0.468. The maximum absolute atomic E-state index is 12.3. The molecule has 0 saturated heterocycles. The second kappa shape index (κ2) is 4.88. The number of hydrogen-bond donors (Lipinski definition) is 4. The van der Waals surface area contributed by atoms with Gasteiger partial charge in [-0.15, -0.1) is 0 Å². The van der Waals surface area contributed by atoms with Crippen molar-refractivity contribution >= 4 is 11.8 Å². The van der Waals surface area contributed by atoms with Gasteiger partial charge in [0.15, 0.2) is 0 Å². The molecule has 1 heterocycles. The average molecular weight is 293 g/mol. The number of aliphatic hydroxyl groups is 4. The van der Waals surface area contributed by atoms with Crippen molar-refractivity contribution in [3.8, 4) is 0 Å². The predicted octanol–water partition coefficient (Wildman–Crippen LogP) is -1.50. The van der Waals surface area contributed by atoms with Crippen LogP contribution in [0.4, 0.5) is 0 Å². The Bertz CT molecular complexity index is 568. The van der Waals surface area contributed by atoms with E-state index >= 15 is 0 Å². The summed E-state index contributed by atoms with van der Waals surface area (Å²) in [6, 6.07) is 5.18. The van der Waals surface area contributed by atoms with Gasteiger partial charge in [-0.05, 0) is 18.6 Å². The molecule has 0 radical (unpaired) electrons. The summed E-state index contributed by atoms with van der Waals surface area (Å²) >= 11 is 0. The number of nitrogens with zero attached hydrogens (tertiary/aromatic N) is 1. The van der Waals surface area contributed by atoms with Crippen molar-refractivity contribution < 1.29 is 30.0 Å². The third kappa shape index (κ3) is 1.97. The minimum Gasteiger partial charge on any atom is -0.390 e. The highest BCUT2D eigenvalue weighted by Crippen LogP contribution is 2.31. The molecule has 0 unspecified atom stereocenters. The van der Waals surface area contributed by atoms with Gasteiger partial charge in [0.05, 0.1) is 23.3 Å². The summed E-state index contributed by atoms with van der Waals surface area (Å²) in [6.45, 7) is 0. The molecule has 5 atom stereocenters. The monoisotopic (exact) mass is 293 g/mol. The van der Waals surface area contributed by atoms with Crippen molar-refractivity contribution in [3.05, 3.63) is 35.4 Å². The third-order valence-electron chi connectivity index (χ3n) is 4.13. The lowest BCUT2D eigenvalue weighted by Crippen LogP contribution is -2.61. The van der Waals surface area contributed by atoms with Crippen molar-refractivity contribution in [1.82, 2.24) is 4.90 Å². The molecule has 2 amide bonds. The molecule has 2 aliphatic rings. The molecular formula is C14H15NO6. The fourth-order valence-corrected chi connectivity index (χ4v) is 2.95. The van der Waals surface area contributed by atoms with E-state index in [2.05, 4.69) is 0 Å². The maximum Gasteiger partial charge on any atom is 0.261 e. The number of imide groups is 1. The first-order valence-electron chi connectivity index (χ1n) is 6.62. The van der Waals surface area contributed by atoms with E-state index in [-0.39, 0.29) is 17.5 Å². The lowest BCUT2D eigenvalue weighted by atomic mass is 9.84. The Kier molecular flexibility index (Phi) is 3.29. The van der Waals surface area contributed by atoms with Crippen LogP contribution in [-0.2, 0) is 0 Å². The standard InChI is InChI=1S/C14H15NO6/c16-9-5-8(10(17)12(19)11(9)18)15-13(20)6-3-1-2-4-7(6)14(15)21/h1-4,8-12,16-19H,5H2/t8-,9-,10+,11-,12+/m1/s1. The summed E-state index contributed by atoms with van der Waals surface area (Å²) in [4.78, 5) is 25.5. The van der Waals surface area contributed by atoms with Crippen LogP contribution >= 0.6 is 0 Å². The summed E-state index contributed by atoms with van der Waals surface area (Å²) in [5.41, 5.74) is 0.453. The van der Waals surface area contributed by atoms with Gasteiger partial charge in [0.2, 0.25) is 0 Å². The zero-order valence-electron chi connectivity index (χ0n) is 11.0. The lowest BCUT2D eigenvalue weighted by molar-refractivity contribution is -0.155. The van der Waals surface area contributed by atoms with E-state index in [4.69, 9.17) is 0 Å². The summed E-state index contributed by atoms with van der Waals surface area (Å²) in [5, 5.41) is 39.0. The van der Waals surface area contributed by atoms with E-state index in [0.29, 0.717) is 0 Å². The number of hydrogen-bond acceptors (Lipinski definition) is 6. The Balaban J connectivity index is 1.95. The number of carbonyl (C=O) groups excluding carboxylic acids is 2. The smallest absolute Gasteiger partial charge is 0.261 e. The Hall–Kier alpha value is -1.80. The number of benzene rings is 1. The number of fused-ring (bicyclic) bond motifs is 1. The second-order valence-corrected chi connectivity index (χ2v) is 5.37. The average Bonchev–Trinajstić information content (AvgIpc) is 2.73. The van der Waals surface area contributed by atoms with Gasteiger partial charge in [-0.25, -0.2) is 0 Å². The lowest BCUT2D eigenvalue weighted by Gasteiger charge is -2.41. The van der Waals surface area contributed by atoms with E-state index in [9.17, 15) is 30.0 Å². The molecule has 1 saturated carbocycles. The highest BCUT2D eigenvalue weighted by atomic mass is 16.4. The molecule has 1 aliphatic heterocycles. The van der Waals surface area contributed by atoms with Crippen molar-refractivity contribution in [2.45, 2.75) is 36.9 Å². The molecule has 0 bridgehead atoms. The first kappa shape index (κ1) is 14.2. The van der Waals surface area contributed by atoms with E-state index in [1.54, 1.807) is 12.1 Å². The van der Waals surface area contributed by atoms with Crippen LogP contribution in [-0.4, -0.2) is 67.6 Å². The van der Waals surface area contributed by atoms with Crippen molar-refractivity contribution in [2.75, 3.05) is 0 Å². The van der Waals surface area contributed by atoms with Gasteiger partial charge in [0.1, 0.15) is 18.3 Å². The molecule has 4 N–H and O–H groups in total. The van der Waals surface area contributed by atoms with Gasteiger partial charge >= 0.3 is 0 Å². The van der Waals surface area contributed by atoms with Gasteiger partial charge in [0.25, 0.3) is 11.8 Å². The molecule has 0 aromatic heterocycles. The van der Waals surface area contributed by atoms with Crippen molar-refractivity contribution in [1.29, 1.82) is 0 Å². The Morgan fingerprint density at radius 3 is 1.90 bits per heavy atom. The van der Waals surface area contributed by atoms with Crippen LogP contribution in [0.5, 0.6) is 0 Å². The van der Waals surface area contributed by atoms with Gasteiger partial charge in [-0.3, -0.25) is 14.5 Å². The van der Waals surface area contributed by atoms with Crippen LogP contribution in [0.15, 0.2) is 24.3 Å². The van der Waals surface area contributed by atoms with Crippen LogP contribution in [0.2, 0.25) is 0 Å². The second-order valence-electron chi connectivity index (χ2n) is 5.37. The molecule has 1 aliphatic carbocycles. The van der Waals surface area contributed by atoms with Crippen LogP contribution in [0.1, 0.15) is 27.1 Å². The summed E-state index contributed by atoms with van der Waals surface area (Å²) in [6.07, 6.45) is -6.15. The fraction of sp³-hybridized carbons (Fsp3) is 0.429. The van der Waals surface area contributed by atoms with Gasteiger partial charge < -0.3 is 20.4 Å². The normalized spacial score (nSPS) is 36.0. The molecule has 112 valence electrons. The molecule has 1 fully saturated rings. The molecule has 21 heavy (non-hydrogen) atoms. The van der Waals surface area contributed by atoms with Gasteiger partial charge in [-0.1, -0.05) is 12.1 Å². The van der Waals surface area contributed by atoms with Gasteiger partial charge in [0, 0.05) is 0 Å². The van der Waals surface area contributed by atoms with E-state index in [1.165, 1.54) is 12.1 Å². The Morgan fingerprint density at radius 1 is 0.857 bits per heavy atom. The molecule has 0 spiro atoms. The molecule has 1 aromatic carbocycles. The highest BCUT2D eigenvalue weighted by molar-refractivity contribution is 6.21. The topological polar surface area (TPSA) is 118 Å². The van der Waals surface area contributed by atoms with Crippen molar-refractivity contribution in [2.24, 2.45) is 0 Å². The van der Waals surface area contributed by atoms with Crippen LogP contribution < -0.4 is 0 Å². The zero-order chi connectivity index (χ0) is 15.3. The number of aliphatic hydroxyl groups excluding tert-OH is 4. The Morgan fingerprint density at radius 2 is 1.38 bits per heavy atom. The van der Waals surface area contributed by atoms with Crippen LogP contribution in [0.3, 0.4) is 0 Å². The minimum absolute atomic E-state index is 0.190. The van der Waals surface area contributed by atoms with Crippen LogP contribution in [0, 0.1) is 0 Å². The number of rotatable bonds is 1. The summed E-state index contributed by atoms with van der Waals surface area (Å²) in [7, 11) is 0. The Labute approximate surface area is 120 Å². The van der Waals surface area contributed by atoms with Crippen molar-refractivity contribution in [3.63, 3.8) is 0 Å². The highest BCUT2D eigenvalue weighted by Gasteiger charge is 2.50.